The fourth-order valence-electron chi connectivity index (χ4n) is 3.09. The largest absolute Gasteiger partial charge is 0.491 e. The lowest BCUT2D eigenvalue weighted by atomic mass is 9.85. The summed E-state index contributed by atoms with van der Waals surface area (Å²) in [6, 6.07) is 7.42. The molecule has 1 unspecified atom stereocenters. The van der Waals surface area contributed by atoms with Crippen molar-refractivity contribution < 1.29 is 35.9 Å². The molecule has 183 valence electrons. The van der Waals surface area contributed by atoms with Gasteiger partial charge in [0.25, 0.3) is 0 Å². The van der Waals surface area contributed by atoms with Crippen LogP contribution in [0.1, 0.15) is 51.8 Å². The summed E-state index contributed by atoms with van der Waals surface area (Å²) in [5.41, 5.74) is -1.30. The second-order valence-corrected chi connectivity index (χ2v) is 11.8. The molecule has 1 atom stereocenters. The van der Waals surface area contributed by atoms with E-state index in [9.17, 15) is 22.0 Å². The van der Waals surface area contributed by atoms with Crippen LogP contribution >= 0.6 is 0 Å². The molecule has 0 fully saturated rings. The molecule has 2 aromatic carbocycles. The molecule has 0 aliphatic heterocycles. The smallest absolute Gasteiger partial charge is 0.205 e. The first-order valence-electron chi connectivity index (χ1n) is 10.5. The number of hydrogen-bond acceptors (Lipinski definition) is 3. The van der Waals surface area contributed by atoms with Crippen molar-refractivity contribution in [1.82, 2.24) is 0 Å². The molecule has 0 bridgehead atoms. The van der Waals surface area contributed by atoms with Gasteiger partial charge in [0.15, 0.2) is 23.3 Å². The maximum atomic E-state index is 13.9. The van der Waals surface area contributed by atoms with Crippen molar-refractivity contribution in [3.8, 4) is 5.75 Å². The molecule has 0 spiro atoms. The predicted molar refractivity (Wildman–Crippen MR) is 118 cm³/mol. The summed E-state index contributed by atoms with van der Waals surface area (Å²) in [5, 5.41) is 0. The van der Waals surface area contributed by atoms with Crippen molar-refractivity contribution in [3.63, 3.8) is 0 Å². The fourth-order valence-corrected chi connectivity index (χ4v) is 4.05. The number of rotatable bonds is 9. The summed E-state index contributed by atoms with van der Waals surface area (Å²) < 4.78 is 85.3. The second-order valence-electron chi connectivity index (χ2n) is 9.73. The summed E-state index contributed by atoms with van der Waals surface area (Å²) in [7, 11) is -0.959. The molecule has 0 saturated heterocycles. The average molecular weight is 490 g/mol. The predicted octanol–water partition coefficient (Wildman–Crippen LogP) is 7.11. The van der Waals surface area contributed by atoms with Crippen LogP contribution in [0.4, 0.5) is 22.0 Å². The lowest BCUT2D eigenvalue weighted by Crippen LogP contribution is -2.32. The van der Waals surface area contributed by atoms with Crippen LogP contribution in [0.3, 0.4) is 0 Å². The normalized spacial score (nSPS) is 13.5. The molecule has 0 saturated carbocycles. The summed E-state index contributed by atoms with van der Waals surface area (Å²) in [6.45, 7) is 12.7. The van der Waals surface area contributed by atoms with Gasteiger partial charge in [-0.15, -0.1) is 0 Å². The SMILES string of the molecule is C[Si](C)OC(c1cccc(OCC(C)(C)OCc2c(F)c(F)c(F)c(F)c2F)c1)C(C)(C)C. The fraction of sp³-hybridized carbons (Fsp3) is 0.500. The van der Waals surface area contributed by atoms with Gasteiger partial charge in [-0.1, -0.05) is 32.9 Å². The van der Waals surface area contributed by atoms with E-state index in [0.29, 0.717) is 5.75 Å². The lowest BCUT2D eigenvalue weighted by Gasteiger charge is -2.33. The Hall–Kier alpha value is -1.97. The molecule has 0 aliphatic rings. The second kappa shape index (κ2) is 10.5. The van der Waals surface area contributed by atoms with Gasteiger partial charge in [0, 0.05) is 0 Å². The molecule has 1 radical (unpaired) electrons. The molecule has 2 rings (SSSR count). The van der Waals surface area contributed by atoms with Gasteiger partial charge in [-0.3, -0.25) is 0 Å². The number of halogens is 5. The quantitative estimate of drug-likeness (QED) is 0.163. The lowest BCUT2D eigenvalue weighted by molar-refractivity contribution is -0.0591. The molecule has 9 heteroatoms. The summed E-state index contributed by atoms with van der Waals surface area (Å²) >= 11 is 0. The highest BCUT2D eigenvalue weighted by molar-refractivity contribution is 6.48. The Morgan fingerprint density at radius 1 is 0.848 bits per heavy atom. The van der Waals surface area contributed by atoms with Crippen LogP contribution in [-0.4, -0.2) is 21.2 Å². The van der Waals surface area contributed by atoms with Gasteiger partial charge in [0.1, 0.15) is 12.4 Å². The Labute approximate surface area is 193 Å². The van der Waals surface area contributed by atoms with Gasteiger partial charge in [-0.05, 0) is 50.1 Å². The van der Waals surface area contributed by atoms with E-state index in [1.807, 2.05) is 18.2 Å². The van der Waals surface area contributed by atoms with Gasteiger partial charge in [0.2, 0.25) is 14.9 Å². The minimum atomic E-state index is -2.20. The Morgan fingerprint density at radius 2 is 1.39 bits per heavy atom. The van der Waals surface area contributed by atoms with Crippen molar-refractivity contribution in [2.75, 3.05) is 6.61 Å². The minimum absolute atomic E-state index is 0.0243. The van der Waals surface area contributed by atoms with Gasteiger partial charge in [0.05, 0.1) is 23.9 Å². The Kier molecular flexibility index (Phi) is 8.70. The molecule has 0 aliphatic carbocycles. The van der Waals surface area contributed by atoms with Crippen LogP contribution < -0.4 is 4.74 Å². The monoisotopic (exact) mass is 489 g/mol. The van der Waals surface area contributed by atoms with E-state index in [1.165, 1.54) is 0 Å². The van der Waals surface area contributed by atoms with Crippen LogP contribution in [-0.2, 0) is 15.8 Å². The van der Waals surface area contributed by atoms with E-state index < -0.39 is 55.9 Å². The summed E-state index contributed by atoms with van der Waals surface area (Å²) in [4.78, 5) is 0. The van der Waals surface area contributed by atoms with E-state index in [4.69, 9.17) is 13.9 Å². The molecule has 0 amide bonds. The van der Waals surface area contributed by atoms with Gasteiger partial charge >= 0.3 is 0 Å². The van der Waals surface area contributed by atoms with E-state index in [1.54, 1.807) is 19.9 Å². The number of benzene rings is 2. The average Bonchev–Trinajstić information content (AvgIpc) is 2.72. The molecule has 0 N–H and O–H groups in total. The first kappa shape index (κ1) is 27.3. The topological polar surface area (TPSA) is 27.7 Å². The van der Waals surface area contributed by atoms with Crippen molar-refractivity contribution >= 4 is 9.04 Å². The molecule has 2 aromatic rings. The van der Waals surface area contributed by atoms with Crippen molar-refractivity contribution in [1.29, 1.82) is 0 Å². The molecule has 0 aromatic heterocycles. The zero-order chi connectivity index (χ0) is 25.1. The molecule has 33 heavy (non-hydrogen) atoms. The highest BCUT2D eigenvalue weighted by Crippen LogP contribution is 2.38. The maximum absolute atomic E-state index is 13.9. The zero-order valence-corrected chi connectivity index (χ0v) is 20.9. The van der Waals surface area contributed by atoms with Crippen molar-refractivity contribution in [2.24, 2.45) is 5.41 Å². The van der Waals surface area contributed by atoms with Crippen molar-refractivity contribution in [3.05, 3.63) is 64.5 Å². The zero-order valence-electron chi connectivity index (χ0n) is 19.9. The molecule has 0 heterocycles. The minimum Gasteiger partial charge on any atom is -0.491 e. The Bertz CT molecular complexity index is 944. The highest BCUT2D eigenvalue weighted by Gasteiger charge is 2.30. The first-order valence-corrected chi connectivity index (χ1v) is 12.9. The molecule has 3 nitrogen and oxygen atoms in total. The number of ether oxygens (including phenoxy) is 2. The number of hydrogen-bond donors (Lipinski definition) is 0. The van der Waals surface area contributed by atoms with E-state index in [0.717, 1.165) is 5.56 Å². The van der Waals surface area contributed by atoms with Gasteiger partial charge in [-0.2, -0.15) is 0 Å². The Balaban J connectivity index is 2.12. The third kappa shape index (κ3) is 7.00. The van der Waals surface area contributed by atoms with Crippen LogP contribution in [0.2, 0.25) is 13.1 Å². The highest BCUT2D eigenvalue weighted by atomic mass is 28.3. The van der Waals surface area contributed by atoms with Crippen LogP contribution in [0.5, 0.6) is 5.75 Å². The molecular weight excluding hydrogens is 459 g/mol. The van der Waals surface area contributed by atoms with Gasteiger partial charge in [-0.25, -0.2) is 22.0 Å². The van der Waals surface area contributed by atoms with Crippen LogP contribution in [0.25, 0.3) is 0 Å². The first-order chi connectivity index (χ1) is 15.1. The van der Waals surface area contributed by atoms with Crippen LogP contribution in [0.15, 0.2) is 24.3 Å². The van der Waals surface area contributed by atoms with E-state index in [-0.39, 0.29) is 18.1 Å². The third-order valence-corrected chi connectivity index (χ3v) is 5.50. The van der Waals surface area contributed by atoms with Gasteiger partial charge < -0.3 is 13.9 Å². The molecular formula is C24H30F5O3Si. The summed E-state index contributed by atoms with van der Waals surface area (Å²) in [5.74, 6) is -9.48. The van der Waals surface area contributed by atoms with E-state index >= 15 is 0 Å². The van der Waals surface area contributed by atoms with E-state index in [2.05, 4.69) is 33.9 Å². The van der Waals surface area contributed by atoms with Crippen molar-refractivity contribution in [2.45, 2.75) is 66.0 Å². The Morgan fingerprint density at radius 3 is 1.91 bits per heavy atom. The maximum Gasteiger partial charge on any atom is 0.205 e. The summed E-state index contributed by atoms with van der Waals surface area (Å²) in [6.07, 6.45) is -0.136. The van der Waals surface area contributed by atoms with Crippen LogP contribution in [0, 0.1) is 34.5 Å². The third-order valence-electron chi connectivity index (χ3n) is 4.80. The standard InChI is InChI=1S/C24H30F5O3Si/c1-23(2,3)22(32-33(6)7)14-9-8-10-15(11-14)30-13-24(4,5)31-12-16-17(25)19(27)21(29)20(28)18(16)26/h8-11,22H,12-13H2,1-7H3.